The first-order valence-corrected chi connectivity index (χ1v) is 8.14. The van der Waals surface area contributed by atoms with Gasteiger partial charge < -0.3 is 11.1 Å². The molecule has 23 heavy (non-hydrogen) atoms. The van der Waals surface area contributed by atoms with Gasteiger partial charge in [-0.3, -0.25) is 4.79 Å². The summed E-state index contributed by atoms with van der Waals surface area (Å²) in [5.41, 5.74) is 8.21. The van der Waals surface area contributed by atoms with Crippen LogP contribution in [0, 0.1) is 5.92 Å². The van der Waals surface area contributed by atoms with Crippen LogP contribution in [0.5, 0.6) is 0 Å². The summed E-state index contributed by atoms with van der Waals surface area (Å²) in [6.45, 7) is 1.26. The van der Waals surface area contributed by atoms with Gasteiger partial charge in [-0.05, 0) is 30.4 Å². The van der Waals surface area contributed by atoms with Crippen molar-refractivity contribution in [1.82, 2.24) is 20.1 Å². The highest BCUT2D eigenvalue weighted by atomic mass is 16.1. The molecule has 2 atom stereocenters. The number of carbonyl (C=O) groups excluding carboxylic acids is 1. The van der Waals surface area contributed by atoms with Crippen LogP contribution in [0.3, 0.4) is 0 Å². The SMILES string of the molecule is NC1CCCC(C(=O)NCc2ccc(Cn3cncn3)cc2)C1. The normalized spacial score (nSPS) is 21.1. The molecule has 2 unspecified atom stereocenters. The largest absolute Gasteiger partial charge is 0.352 e. The molecule has 122 valence electrons. The van der Waals surface area contributed by atoms with Crippen molar-refractivity contribution in [2.45, 2.75) is 44.8 Å². The van der Waals surface area contributed by atoms with Gasteiger partial charge in [0, 0.05) is 18.5 Å². The first kappa shape index (κ1) is 15.7. The van der Waals surface area contributed by atoms with Gasteiger partial charge in [-0.15, -0.1) is 0 Å². The fourth-order valence-corrected chi connectivity index (χ4v) is 3.06. The standard InChI is InChI=1S/C17H23N5O/c18-16-3-1-2-15(8-16)17(23)20-9-13-4-6-14(7-5-13)10-22-12-19-11-21-22/h4-7,11-12,15-16H,1-3,8-10,18H2,(H,20,23). The average Bonchev–Trinajstić information content (AvgIpc) is 3.07. The molecule has 1 saturated carbocycles. The van der Waals surface area contributed by atoms with Crippen LogP contribution in [-0.4, -0.2) is 26.7 Å². The topological polar surface area (TPSA) is 85.8 Å². The molecule has 0 spiro atoms. The molecular weight excluding hydrogens is 290 g/mol. The molecule has 1 aromatic carbocycles. The third-order valence-corrected chi connectivity index (χ3v) is 4.39. The Morgan fingerprint density at radius 2 is 2.04 bits per heavy atom. The third-order valence-electron chi connectivity index (χ3n) is 4.39. The zero-order chi connectivity index (χ0) is 16.1. The van der Waals surface area contributed by atoms with E-state index in [4.69, 9.17) is 5.73 Å². The lowest BCUT2D eigenvalue weighted by atomic mass is 9.85. The average molecular weight is 313 g/mol. The number of hydrogen-bond acceptors (Lipinski definition) is 4. The highest BCUT2D eigenvalue weighted by Crippen LogP contribution is 2.23. The van der Waals surface area contributed by atoms with Crippen LogP contribution in [-0.2, 0) is 17.9 Å². The van der Waals surface area contributed by atoms with Gasteiger partial charge in [0.05, 0.1) is 6.54 Å². The molecule has 0 aliphatic heterocycles. The van der Waals surface area contributed by atoms with Crippen molar-refractivity contribution in [1.29, 1.82) is 0 Å². The summed E-state index contributed by atoms with van der Waals surface area (Å²) < 4.78 is 1.78. The summed E-state index contributed by atoms with van der Waals surface area (Å²) in [5.74, 6) is 0.206. The Morgan fingerprint density at radius 3 is 2.74 bits per heavy atom. The maximum absolute atomic E-state index is 12.2. The van der Waals surface area contributed by atoms with Crippen LogP contribution >= 0.6 is 0 Å². The summed E-state index contributed by atoms with van der Waals surface area (Å²) in [6, 6.07) is 8.37. The first-order valence-electron chi connectivity index (χ1n) is 8.14. The van der Waals surface area contributed by atoms with Crippen LogP contribution in [0.15, 0.2) is 36.9 Å². The summed E-state index contributed by atoms with van der Waals surface area (Å²) in [5, 5.41) is 7.12. The van der Waals surface area contributed by atoms with Gasteiger partial charge in [0.2, 0.25) is 5.91 Å². The smallest absolute Gasteiger partial charge is 0.223 e. The highest BCUT2D eigenvalue weighted by Gasteiger charge is 2.24. The van der Waals surface area contributed by atoms with E-state index in [2.05, 4.69) is 27.5 Å². The highest BCUT2D eigenvalue weighted by molar-refractivity contribution is 5.78. The Morgan fingerprint density at radius 1 is 1.26 bits per heavy atom. The van der Waals surface area contributed by atoms with Crippen molar-refractivity contribution in [3.8, 4) is 0 Å². The number of nitrogens with zero attached hydrogens (tertiary/aromatic N) is 3. The van der Waals surface area contributed by atoms with Crippen molar-refractivity contribution >= 4 is 5.91 Å². The molecular formula is C17H23N5O. The molecule has 1 aliphatic rings. The number of nitrogens with two attached hydrogens (primary N) is 1. The van der Waals surface area contributed by atoms with E-state index in [1.165, 1.54) is 6.33 Å². The van der Waals surface area contributed by atoms with Gasteiger partial charge in [-0.25, -0.2) is 9.67 Å². The molecule has 6 nitrogen and oxygen atoms in total. The van der Waals surface area contributed by atoms with Gasteiger partial charge in [-0.1, -0.05) is 30.7 Å². The molecule has 1 aliphatic carbocycles. The molecule has 2 aromatic rings. The Labute approximate surface area is 136 Å². The predicted molar refractivity (Wildman–Crippen MR) is 87.3 cm³/mol. The molecule has 1 fully saturated rings. The Bertz CT molecular complexity index is 623. The quantitative estimate of drug-likeness (QED) is 0.875. The molecule has 3 rings (SSSR count). The van der Waals surface area contributed by atoms with E-state index in [9.17, 15) is 4.79 Å². The van der Waals surface area contributed by atoms with Gasteiger partial charge >= 0.3 is 0 Å². The lowest BCUT2D eigenvalue weighted by Crippen LogP contribution is -2.37. The Kier molecular flexibility index (Phi) is 5.02. The summed E-state index contributed by atoms with van der Waals surface area (Å²) in [6.07, 6.45) is 7.08. The monoisotopic (exact) mass is 313 g/mol. The fraction of sp³-hybridized carbons (Fsp3) is 0.471. The van der Waals surface area contributed by atoms with Gasteiger partial charge in [0.15, 0.2) is 0 Å². The third kappa shape index (κ3) is 4.39. The molecule has 0 bridgehead atoms. The minimum absolute atomic E-state index is 0.0744. The Balaban J connectivity index is 1.49. The summed E-state index contributed by atoms with van der Waals surface area (Å²) in [4.78, 5) is 16.1. The number of rotatable bonds is 5. The van der Waals surface area contributed by atoms with Crippen molar-refractivity contribution in [2.75, 3.05) is 0 Å². The van der Waals surface area contributed by atoms with Crippen LogP contribution in [0.1, 0.15) is 36.8 Å². The van der Waals surface area contributed by atoms with Crippen molar-refractivity contribution in [2.24, 2.45) is 11.7 Å². The number of nitrogens with one attached hydrogen (secondary N) is 1. The van der Waals surface area contributed by atoms with Crippen molar-refractivity contribution < 1.29 is 4.79 Å². The second kappa shape index (κ2) is 7.37. The van der Waals surface area contributed by atoms with Gasteiger partial charge in [-0.2, -0.15) is 5.10 Å². The number of aromatic nitrogens is 3. The minimum atomic E-state index is 0.0744. The van der Waals surface area contributed by atoms with Crippen molar-refractivity contribution in [3.05, 3.63) is 48.0 Å². The van der Waals surface area contributed by atoms with Gasteiger partial charge in [0.1, 0.15) is 12.7 Å². The maximum atomic E-state index is 12.2. The van der Waals surface area contributed by atoms with Crippen LogP contribution in [0.2, 0.25) is 0 Å². The minimum Gasteiger partial charge on any atom is -0.352 e. The zero-order valence-electron chi connectivity index (χ0n) is 13.2. The molecule has 3 N–H and O–H groups in total. The van der Waals surface area contributed by atoms with E-state index < -0.39 is 0 Å². The van der Waals surface area contributed by atoms with E-state index in [1.807, 2.05) is 12.1 Å². The molecule has 0 saturated heterocycles. The van der Waals surface area contributed by atoms with E-state index in [0.29, 0.717) is 13.1 Å². The summed E-state index contributed by atoms with van der Waals surface area (Å²) >= 11 is 0. The van der Waals surface area contributed by atoms with Crippen LogP contribution < -0.4 is 11.1 Å². The first-order chi connectivity index (χ1) is 11.2. The van der Waals surface area contributed by atoms with E-state index in [0.717, 1.165) is 36.8 Å². The van der Waals surface area contributed by atoms with Crippen molar-refractivity contribution in [3.63, 3.8) is 0 Å². The Hall–Kier alpha value is -2.21. The van der Waals surface area contributed by atoms with E-state index in [-0.39, 0.29) is 17.9 Å². The van der Waals surface area contributed by atoms with E-state index in [1.54, 1.807) is 11.0 Å². The number of carbonyl (C=O) groups is 1. The predicted octanol–water partition coefficient (Wildman–Crippen LogP) is 1.46. The number of amides is 1. The maximum Gasteiger partial charge on any atom is 0.223 e. The molecule has 1 heterocycles. The fourth-order valence-electron chi connectivity index (χ4n) is 3.06. The molecule has 0 radical (unpaired) electrons. The second-order valence-electron chi connectivity index (χ2n) is 6.25. The number of hydrogen-bond donors (Lipinski definition) is 2. The van der Waals surface area contributed by atoms with Crippen LogP contribution in [0.4, 0.5) is 0 Å². The van der Waals surface area contributed by atoms with Crippen LogP contribution in [0.25, 0.3) is 0 Å². The lowest BCUT2D eigenvalue weighted by Gasteiger charge is -2.25. The molecule has 1 aromatic heterocycles. The second-order valence-corrected chi connectivity index (χ2v) is 6.25. The lowest BCUT2D eigenvalue weighted by molar-refractivity contribution is -0.126. The zero-order valence-corrected chi connectivity index (χ0v) is 13.2. The molecule has 1 amide bonds. The molecule has 6 heteroatoms. The number of benzene rings is 1. The van der Waals surface area contributed by atoms with E-state index >= 15 is 0 Å². The summed E-state index contributed by atoms with van der Waals surface area (Å²) in [7, 11) is 0. The van der Waals surface area contributed by atoms with Gasteiger partial charge in [0.25, 0.3) is 0 Å².